The second kappa shape index (κ2) is 5.68. The molecular weight excluding hydrogens is 324 g/mol. The molecule has 1 aromatic rings. The fourth-order valence-electron chi connectivity index (χ4n) is 4.21. The van der Waals surface area contributed by atoms with Crippen LogP contribution >= 0.6 is 15.9 Å². The molecular formula is C18H27BrN2. The molecule has 2 aliphatic rings. The molecule has 1 unspecified atom stereocenters. The van der Waals surface area contributed by atoms with E-state index in [0.29, 0.717) is 5.41 Å². The first-order chi connectivity index (χ1) is 9.94. The Balaban J connectivity index is 1.87. The van der Waals surface area contributed by atoms with Gasteiger partial charge in [-0.25, -0.2) is 0 Å². The van der Waals surface area contributed by atoms with Gasteiger partial charge in [-0.05, 0) is 67.3 Å². The van der Waals surface area contributed by atoms with E-state index in [-0.39, 0.29) is 5.54 Å². The lowest BCUT2D eigenvalue weighted by atomic mass is 9.74. The molecule has 1 heterocycles. The van der Waals surface area contributed by atoms with Gasteiger partial charge in [0.15, 0.2) is 0 Å². The highest BCUT2D eigenvalue weighted by Gasteiger charge is 2.42. The van der Waals surface area contributed by atoms with Gasteiger partial charge >= 0.3 is 0 Å². The number of hydrogen-bond acceptors (Lipinski definition) is 2. The minimum absolute atomic E-state index is 0.179. The third kappa shape index (κ3) is 3.06. The second-order valence-corrected chi connectivity index (χ2v) is 8.62. The monoisotopic (exact) mass is 350 g/mol. The Morgan fingerprint density at radius 3 is 2.76 bits per heavy atom. The minimum Gasteiger partial charge on any atom is -0.329 e. The van der Waals surface area contributed by atoms with E-state index in [4.69, 9.17) is 5.73 Å². The Hall–Kier alpha value is -0.380. The third-order valence-corrected chi connectivity index (χ3v) is 5.99. The Bertz CT molecular complexity index is 526. The van der Waals surface area contributed by atoms with E-state index in [1.165, 1.54) is 48.0 Å². The summed E-state index contributed by atoms with van der Waals surface area (Å²) in [6.07, 6.45) is 6.11. The standard InChI is InChI=1S/C18H27BrN2/c1-17(2)7-3-9-21(13-17)18(12-20)8-6-14-10-16(19)5-4-15(14)11-18/h4-5,10H,3,6-9,11-13,20H2,1-2H3. The molecule has 2 nitrogen and oxygen atoms in total. The number of benzene rings is 1. The number of rotatable bonds is 2. The van der Waals surface area contributed by atoms with E-state index in [1.54, 1.807) is 0 Å². The van der Waals surface area contributed by atoms with Crippen molar-refractivity contribution in [3.8, 4) is 0 Å². The lowest BCUT2D eigenvalue weighted by Gasteiger charge is -2.51. The number of halogens is 1. The summed E-state index contributed by atoms with van der Waals surface area (Å²) in [6.45, 7) is 7.98. The van der Waals surface area contributed by atoms with Gasteiger partial charge in [0.05, 0.1) is 0 Å². The highest BCUT2D eigenvalue weighted by Crippen LogP contribution is 2.39. The van der Waals surface area contributed by atoms with E-state index < -0.39 is 0 Å². The van der Waals surface area contributed by atoms with E-state index in [0.717, 1.165) is 19.4 Å². The average molecular weight is 351 g/mol. The summed E-state index contributed by atoms with van der Waals surface area (Å²) < 4.78 is 1.20. The van der Waals surface area contributed by atoms with Crippen LogP contribution in [0.3, 0.4) is 0 Å². The van der Waals surface area contributed by atoms with Crippen LogP contribution in [0.2, 0.25) is 0 Å². The molecule has 0 saturated carbocycles. The number of piperidine rings is 1. The summed E-state index contributed by atoms with van der Waals surface area (Å²) >= 11 is 3.59. The smallest absolute Gasteiger partial charge is 0.0375 e. The molecule has 3 heteroatoms. The summed E-state index contributed by atoms with van der Waals surface area (Å²) in [5.74, 6) is 0. The minimum atomic E-state index is 0.179. The van der Waals surface area contributed by atoms with Gasteiger partial charge in [-0.2, -0.15) is 0 Å². The zero-order valence-corrected chi connectivity index (χ0v) is 14.9. The molecule has 21 heavy (non-hydrogen) atoms. The van der Waals surface area contributed by atoms with Gasteiger partial charge in [0, 0.05) is 23.1 Å². The van der Waals surface area contributed by atoms with Gasteiger partial charge < -0.3 is 5.73 Å². The second-order valence-electron chi connectivity index (χ2n) is 7.71. The van der Waals surface area contributed by atoms with Crippen molar-refractivity contribution in [2.45, 2.75) is 51.5 Å². The molecule has 0 radical (unpaired) electrons. The molecule has 1 aromatic carbocycles. The molecule has 1 saturated heterocycles. The molecule has 3 rings (SSSR count). The van der Waals surface area contributed by atoms with Crippen molar-refractivity contribution in [2.75, 3.05) is 19.6 Å². The van der Waals surface area contributed by atoms with Crippen LogP contribution in [0, 0.1) is 5.41 Å². The maximum absolute atomic E-state index is 6.29. The number of likely N-dealkylation sites (tertiary alicyclic amines) is 1. The van der Waals surface area contributed by atoms with Gasteiger partial charge in [0.1, 0.15) is 0 Å². The van der Waals surface area contributed by atoms with Crippen molar-refractivity contribution in [1.29, 1.82) is 0 Å². The summed E-state index contributed by atoms with van der Waals surface area (Å²) in [6, 6.07) is 6.75. The van der Waals surface area contributed by atoms with Crippen LogP contribution in [0.1, 0.15) is 44.2 Å². The molecule has 0 aromatic heterocycles. The number of aryl methyl sites for hydroxylation is 1. The SMILES string of the molecule is CC1(C)CCCN(C2(CN)CCc3cc(Br)ccc3C2)C1. The first-order valence-corrected chi connectivity index (χ1v) is 8.96. The van der Waals surface area contributed by atoms with E-state index >= 15 is 0 Å². The van der Waals surface area contributed by atoms with Crippen LogP contribution in [0.25, 0.3) is 0 Å². The lowest BCUT2D eigenvalue weighted by molar-refractivity contribution is 0.00988. The van der Waals surface area contributed by atoms with Crippen molar-refractivity contribution in [3.05, 3.63) is 33.8 Å². The number of nitrogens with zero attached hydrogens (tertiary/aromatic N) is 1. The van der Waals surface area contributed by atoms with Gasteiger partial charge in [0.25, 0.3) is 0 Å². The zero-order valence-electron chi connectivity index (χ0n) is 13.3. The Morgan fingerprint density at radius 1 is 1.24 bits per heavy atom. The predicted octanol–water partition coefficient (Wildman–Crippen LogP) is 3.76. The van der Waals surface area contributed by atoms with Gasteiger partial charge in [-0.3, -0.25) is 4.90 Å². The van der Waals surface area contributed by atoms with Crippen LogP contribution in [-0.2, 0) is 12.8 Å². The van der Waals surface area contributed by atoms with Crippen LogP contribution in [-0.4, -0.2) is 30.1 Å². The van der Waals surface area contributed by atoms with Gasteiger partial charge in [-0.15, -0.1) is 0 Å². The molecule has 1 atom stereocenters. The maximum atomic E-state index is 6.29. The Kier molecular flexibility index (Phi) is 4.19. The average Bonchev–Trinajstić information content (AvgIpc) is 2.45. The maximum Gasteiger partial charge on any atom is 0.0375 e. The van der Waals surface area contributed by atoms with Crippen molar-refractivity contribution in [2.24, 2.45) is 11.1 Å². The highest BCUT2D eigenvalue weighted by molar-refractivity contribution is 9.10. The molecule has 1 aliphatic heterocycles. The number of hydrogen-bond donors (Lipinski definition) is 1. The molecule has 0 spiro atoms. The fourth-order valence-corrected chi connectivity index (χ4v) is 4.62. The van der Waals surface area contributed by atoms with Crippen molar-refractivity contribution < 1.29 is 0 Å². The quantitative estimate of drug-likeness (QED) is 0.879. The van der Waals surface area contributed by atoms with Crippen LogP contribution in [0.4, 0.5) is 0 Å². The van der Waals surface area contributed by atoms with E-state index in [1.807, 2.05) is 0 Å². The van der Waals surface area contributed by atoms with Gasteiger partial charge in [0.2, 0.25) is 0 Å². The summed E-state index contributed by atoms with van der Waals surface area (Å²) in [5.41, 5.74) is 9.91. The molecule has 0 bridgehead atoms. The predicted molar refractivity (Wildman–Crippen MR) is 92.5 cm³/mol. The lowest BCUT2D eigenvalue weighted by Crippen LogP contribution is -2.60. The Labute approximate surface area is 137 Å². The van der Waals surface area contributed by atoms with E-state index in [2.05, 4.69) is 52.9 Å². The van der Waals surface area contributed by atoms with Crippen LogP contribution in [0.15, 0.2) is 22.7 Å². The molecule has 1 fully saturated rings. The summed E-state index contributed by atoms with van der Waals surface area (Å²) in [5, 5.41) is 0. The van der Waals surface area contributed by atoms with E-state index in [9.17, 15) is 0 Å². The largest absolute Gasteiger partial charge is 0.329 e. The fraction of sp³-hybridized carbons (Fsp3) is 0.667. The molecule has 0 amide bonds. The third-order valence-electron chi connectivity index (χ3n) is 5.50. The first-order valence-electron chi connectivity index (χ1n) is 8.17. The van der Waals surface area contributed by atoms with Gasteiger partial charge in [-0.1, -0.05) is 35.8 Å². The van der Waals surface area contributed by atoms with Crippen molar-refractivity contribution >= 4 is 15.9 Å². The Morgan fingerprint density at radius 2 is 2.05 bits per heavy atom. The summed E-state index contributed by atoms with van der Waals surface area (Å²) in [7, 11) is 0. The number of nitrogens with two attached hydrogens (primary N) is 1. The molecule has 2 N–H and O–H groups in total. The van der Waals surface area contributed by atoms with Crippen LogP contribution in [0.5, 0.6) is 0 Å². The van der Waals surface area contributed by atoms with Crippen molar-refractivity contribution in [3.63, 3.8) is 0 Å². The normalized spacial score (nSPS) is 29.1. The first kappa shape index (κ1) is 15.5. The highest BCUT2D eigenvalue weighted by atomic mass is 79.9. The topological polar surface area (TPSA) is 29.3 Å². The zero-order chi connectivity index (χ0) is 15.1. The summed E-state index contributed by atoms with van der Waals surface area (Å²) in [4.78, 5) is 2.71. The van der Waals surface area contributed by atoms with Crippen LogP contribution < -0.4 is 5.73 Å². The van der Waals surface area contributed by atoms with Crippen molar-refractivity contribution in [1.82, 2.24) is 4.90 Å². The molecule has 116 valence electrons. The molecule has 1 aliphatic carbocycles. The number of fused-ring (bicyclic) bond motifs is 1.